The molecule has 1 fully saturated rings. The molecule has 0 saturated carbocycles. The van der Waals surface area contributed by atoms with Crippen LogP contribution in [0.15, 0.2) is 0 Å². The van der Waals surface area contributed by atoms with Crippen molar-refractivity contribution in [3.05, 3.63) is 0 Å². The quantitative estimate of drug-likeness (QED) is 0.596. The van der Waals surface area contributed by atoms with E-state index in [2.05, 4.69) is 5.32 Å². The van der Waals surface area contributed by atoms with Crippen LogP contribution in [0.4, 0.5) is 8.78 Å². The Morgan fingerprint density at radius 3 is 2.73 bits per heavy atom. The third kappa shape index (κ3) is 2.42. The number of halogens is 2. The summed E-state index contributed by atoms with van der Waals surface area (Å²) in [6.07, 6.45) is -0.286. The Labute approximate surface area is 62.9 Å². The van der Waals surface area contributed by atoms with Gasteiger partial charge in [-0.25, -0.2) is 8.78 Å². The van der Waals surface area contributed by atoms with Crippen molar-refractivity contribution in [2.24, 2.45) is 5.73 Å². The van der Waals surface area contributed by atoms with E-state index in [4.69, 9.17) is 5.73 Å². The third-order valence-electron chi connectivity index (χ3n) is 1.64. The van der Waals surface area contributed by atoms with E-state index >= 15 is 0 Å². The second kappa shape index (κ2) is 2.73. The SMILES string of the molecule is NC(=O)CC1CC(F)(F)CN1. The first kappa shape index (κ1) is 8.39. The number of rotatable bonds is 2. The van der Waals surface area contributed by atoms with E-state index in [1.54, 1.807) is 0 Å². The summed E-state index contributed by atoms with van der Waals surface area (Å²) in [5.74, 6) is -3.21. The number of hydrogen-bond donors (Lipinski definition) is 2. The fourth-order valence-corrected chi connectivity index (χ4v) is 1.19. The number of carbonyl (C=O) groups is 1. The molecule has 1 heterocycles. The van der Waals surface area contributed by atoms with Gasteiger partial charge in [0.1, 0.15) is 0 Å². The fraction of sp³-hybridized carbons (Fsp3) is 0.833. The minimum absolute atomic E-state index is 0.00438. The molecule has 1 aliphatic heterocycles. The summed E-state index contributed by atoms with van der Waals surface area (Å²) in [5, 5.41) is 2.53. The lowest BCUT2D eigenvalue weighted by Gasteiger charge is -2.06. The monoisotopic (exact) mass is 164 g/mol. The van der Waals surface area contributed by atoms with Crippen molar-refractivity contribution in [3.63, 3.8) is 0 Å². The number of primary amides is 1. The van der Waals surface area contributed by atoms with Gasteiger partial charge in [0.2, 0.25) is 5.91 Å². The lowest BCUT2D eigenvalue weighted by molar-refractivity contribution is -0.118. The maximum atomic E-state index is 12.4. The van der Waals surface area contributed by atoms with Crippen LogP contribution in [0.25, 0.3) is 0 Å². The zero-order valence-electron chi connectivity index (χ0n) is 5.94. The van der Waals surface area contributed by atoms with Crippen molar-refractivity contribution < 1.29 is 13.6 Å². The van der Waals surface area contributed by atoms with Gasteiger partial charge >= 0.3 is 0 Å². The van der Waals surface area contributed by atoms with Crippen LogP contribution >= 0.6 is 0 Å². The van der Waals surface area contributed by atoms with Crippen molar-refractivity contribution in [1.82, 2.24) is 5.32 Å². The Bertz CT molecular complexity index is 172. The van der Waals surface area contributed by atoms with Gasteiger partial charge in [0, 0.05) is 18.9 Å². The minimum atomic E-state index is -2.67. The Morgan fingerprint density at radius 1 is 1.73 bits per heavy atom. The topological polar surface area (TPSA) is 55.1 Å². The number of hydrogen-bond acceptors (Lipinski definition) is 2. The Balaban J connectivity index is 2.36. The molecular weight excluding hydrogens is 154 g/mol. The molecule has 0 aliphatic carbocycles. The van der Waals surface area contributed by atoms with Crippen LogP contribution in [0.5, 0.6) is 0 Å². The van der Waals surface area contributed by atoms with Crippen LogP contribution in [0.1, 0.15) is 12.8 Å². The molecule has 1 rings (SSSR count). The number of nitrogens with two attached hydrogens (primary N) is 1. The lowest BCUT2D eigenvalue weighted by atomic mass is 10.1. The van der Waals surface area contributed by atoms with Gasteiger partial charge in [-0.15, -0.1) is 0 Å². The second-order valence-electron chi connectivity index (χ2n) is 2.81. The van der Waals surface area contributed by atoms with Crippen molar-refractivity contribution >= 4 is 5.91 Å². The van der Waals surface area contributed by atoms with Crippen LogP contribution in [-0.4, -0.2) is 24.4 Å². The average molecular weight is 164 g/mol. The molecule has 1 amide bonds. The predicted octanol–water partition coefficient (Wildman–Crippen LogP) is -0.141. The molecule has 3 N–H and O–H groups in total. The van der Waals surface area contributed by atoms with Gasteiger partial charge in [-0.1, -0.05) is 0 Å². The minimum Gasteiger partial charge on any atom is -0.370 e. The van der Waals surface area contributed by atoms with Crippen molar-refractivity contribution in [2.75, 3.05) is 6.54 Å². The average Bonchev–Trinajstić information content (AvgIpc) is 2.08. The molecule has 11 heavy (non-hydrogen) atoms. The highest BCUT2D eigenvalue weighted by molar-refractivity contribution is 5.74. The van der Waals surface area contributed by atoms with E-state index < -0.39 is 17.9 Å². The smallest absolute Gasteiger partial charge is 0.261 e. The second-order valence-corrected chi connectivity index (χ2v) is 2.81. The van der Waals surface area contributed by atoms with E-state index in [0.717, 1.165) is 0 Å². The highest BCUT2D eigenvalue weighted by atomic mass is 19.3. The summed E-state index contributed by atoms with van der Waals surface area (Å²) in [5.41, 5.74) is 4.84. The first-order chi connectivity index (χ1) is 4.99. The highest BCUT2D eigenvalue weighted by Crippen LogP contribution is 2.26. The van der Waals surface area contributed by atoms with Gasteiger partial charge in [0.25, 0.3) is 5.92 Å². The first-order valence-corrected chi connectivity index (χ1v) is 3.39. The largest absolute Gasteiger partial charge is 0.370 e. The van der Waals surface area contributed by atoms with Gasteiger partial charge in [0.15, 0.2) is 0 Å². The molecule has 64 valence electrons. The standard InChI is InChI=1S/C6H10F2N2O/c7-6(8)2-4(10-3-6)1-5(9)11/h4,10H,1-3H2,(H2,9,11). The van der Waals surface area contributed by atoms with E-state index in [0.29, 0.717) is 0 Å². The van der Waals surface area contributed by atoms with Gasteiger partial charge in [-0.2, -0.15) is 0 Å². The van der Waals surface area contributed by atoms with Crippen molar-refractivity contribution in [1.29, 1.82) is 0 Å². The molecule has 1 aliphatic rings. The molecule has 0 aromatic heterocycles. The molecule has 0 aromatic carbocycles. The fourth-order valence-electron chi connectivity index (χ4n) is 1.19. The summed E-state index contributed by atoms with van der Waals surface area (Å²) in [4.78, 5) is 10.3. The number of amides is 1. The molecule has 0 spiro atoms. The predicted molar refractivity (Wildman–Crippen MR) is 35.2 cm³/mol. The third-order valence-corrected chi connectivity index (χ3v) is 1.64. The summed E-state index contributed by atoms with van der Waals surface area (Å²) in [7, 11) is 0. The molecular formula is C6H10F2N2O. The molecule has 0 radical (unpaired) electrons. The van der Waals surface area contributed by atoms with Gasteiger partial charge in [-0.3, -0.25) is 4.79 Å². The molecule has 1 atom stereocenters. The molecule has 5 heteroatoms. The van der Waals surface area contributed by atoms with Gasteiger partial charge in [0.05, 0.1) is 6.54 Å². The van der Waals surface area contributed by atoms with Gasteiger partial charge in [-0.05, 0) is 0 Å². The summed E-state index contributed by atoms with van der Waals surface area (Å²) < 4.78 is 24.9. The van der Waals surface area contributed by atoms with Crippen LogP contribution in [-0.2, 0) is 4.79 Å². The zero-order valence-corrected chi connectivity index (χ0v) is 5.94. The van der Waals surface area contributed by atoms with Gasteiger partial charge < -0.3 is 11.1 Å². The molecule has 1 unspecified atom stereocenters. The summed E-state index contributed by atoms with van der Waals surface area (Å²) in [6, 6.07) is -0.442. The molecule has 3 nitrogen and oxygen atoms in total. The van der Waals surface area contributed by atoms with Crippen molar-refractivity contribution in [3.8, 4) is 0 Å². The number of alkyl halides is 2. The Morgan fingerprint density at radius 2 is 2.36 bits per heavy atom. The van der Waals surface area contributed by atoms with E-state index in [-0.39, 0.29) is 19.4 Å². The molecule has 1 saturated heterocycles. The van der Waals surface area contributed by atoms with Crippen LogP contribution in [0.2, 0.25) is 0 Å². The molecule has 0 bridgehead atoms. The Kier molecular flexibility index (Phi) is 2.08. The summed E-state index contributed by atoms with van der Waals surface area (Å²) >= 11 is 0. The highest BCUT2D eigenvalue weighted by Gasteiger charge is 2.39. The van der Waals surface area contributed by atoms with E-state index in [9.17, 15) is 13.6 Å². The van der Waals surface area contributed by atoms with Crippen LogP contribution < -0.4 is 11.1 Å². The van der Waals surface area contributed by atoms with Crippen LogP contribution in [0.3, 0.4) is 0 Å². The number of nitrogens with one attached hydrogen (secondary N) is 1. The van der Waals surface area contributed by atoms with Crippen molar-refractivity contribution in [2.45, 2.75) is 24.8 Å². The normalized spacial score (nSPS) is 28.7. The maximum Gasteiger partial charge on any atom is 0.261 e. The maximum absolute atomic E-state index is 12.4. The van der Waals surface area contributed by atoms with Crippen LogP contribution in [0, 0.1) is 0 Å². The van der Waals surface area contributed by atoms with E-state index in [1.807, 2.05) is 0 Å². The lowest BCUT2D eigenvalue weighted by Crippen LogP contribution is -2.27. The molecule has 0 aromatic rings. The zero-order chi connectivity index (χ0) is 8.48. The number of carbonyl (C=O) groups excluding carboxylic acids is 1. The summed E-state index contributed by atoms with van der Waals surface area (Å²) in [6.45, 7) is -0.342. The first-order valence-electron chi connectivity index (χ1n) is 3.39. The Hall–Kier alpha value is -0.710. The van der Waals surface area contributed by atoms with E-state index in [1.165, 1.54) is 0 Å².